The summed E-state index contributed by atoms with van der Waals surface area (Å²) in [6.45, 7) is 2.44. The van der Waals surface area contributed by atoms with Gasteiger partial charge in [0.25, 0.3) is 0 Å². The van der Waals surface area contributed by atoms with Crippen LogP contribution in [0, 0.1) is 5.92 Å². The number of fused-ring (bicyclic) bond motifs is 2. The lowest BCUT2D eigenvalue weighted by Gasteiger charge is -2.33. The van der Waals surface area contributed by atoms with E-state index < -0.39 is 5.97 Å². The number of benzene rings is 2. The van der Waals surface area contributed by atoms with Crippen molar-refractivity contribution in [3.8, 4) is 11.5 Å². The molecule has 4 nitrogen and oxygen atoms in total. The number of hydrogen-bond acceptors (Lipinski definition) is 4. The minimum atomic E-state index is -0.674. The molecular weight excluding hydrogens is 334 g/mol. The smallest absolute Gasteiger partial charge is 0.307 e. The fourth-order valence-electron chi connectivity index (χ4n) is 3.60. The normalized spacial score (nSPS) is 23.0. The topological polar surface area (TPSA) is 49.8 Å². The molecule has 2 heterocycles. The largest absolute Gasteiger partial charge is 0.481 e. The van der Waals surface area contributed by atoms with Gasteiger partial charge in [0.2, 0.25) is 0 Å². The van der Waals surface area contributed by atoms with Gasteiger partial charge in [-0.05, 0) is 37.6 Å². The van der Waals surface area contributed by atoms with E-state index in [1.165, 1.54) is 5.56 Å². The van der Waals surface area contributed by atoms with Crippen LogP contribution < -0.4 is 4.74 Å². The lowest BCUT2D eigenvalue weighted by Crippen LogP contribution is -2.40. The predicted molar refractivity (Wildman–Crippen MR) is 98.4 cm³/mol. The highest BCUT2D eigenvalue weighted by Gasteiger charge is 2.30. The Morgan fingerprint density at radius 1 is 1.16 bits per heavy atom. The Morgan fingerprint density at radius 2 is 1.92 bits per heavy atom. The average molecular weight is 355 g/mol. The number of piperidine rings is 1. The lowest BCUT2D eigenvalue weighted by molar-refractivity contribution is -0.143. The van der Waals surface area contributed by atoms with Crippen LogP contribution in [0.25, 0.3) is 0 Å². The van der Waals surface area contributed by atoms with E-state index in [9.17, 15) is 9.90 Å². The van der Waals surface area contributed by atoms with E-state index in [-0.39, 0.29) is 11.2 Å². The van der Waals surface area contributed by atoms with Crippen molar-refractivity contribution in [1.82, 2.24) is 4.90 Å². The Balaban J connectivity index is 1.61. The van der Waals surface area contributed by atoms with Gasteiger partial charge in [0.05, 0.1) is 16.1 Å². The summed E-state index contributed by atoms with van der Waals surface area (Å²) in [5, 5.41) is 9.57. The molecule has 0 aliphatic carbocycles. The molecule has 2 atom stereocenters. The van der Waals surface area contributed by atoms with E-state index in [2.05, 4.69) is 17.0 Å². The SMILES string of the molecule is O=C(O)C1CCCN(CC2Sc3ccccc3Oc3ccccc32)C1. The Labute approximate surface area is 151 Å². The van der Waals surface area contributed by atoms with Crippen molar-refractivity contribution >= 4 is 17.7 Å². The number of aliphatic carboxylic acids is 1. The molecule has 5 heteroatoms. The second kappa shape index (κ2) is 7.10. The zero-order valence-corrected chi connectivity index (χ0v) is 14.7. The Kier molecular flexibility index (Phi) is 4.68. The van der Waals surface area contributed by atoms with Gasteiger partial charge in [-0.3, -0.25) is 4.79 Å². The van der Waals surface area contributed by atoms with E-state index >= 15 is 0 Å². The molecule has 2 aromatic rings. The monoisotopic (exact) mass is 355 g/mol. The molecule has 130 valence electrons. The standard InChI is InChI=1S/C20H21NO3S/c22-20(23)14-6-5-11-21(12-14)13-19-15-7-1-2-8-16(15)24-17-9-3-4-10-18(17)25-19/h1-4,7-10,14,19H,5-6,11-13H2,(H,22,23). The third-order valence-corrected chi connectivity index (χ3v) is 6.16. The summed E-state index contributed by atoms with van der Waals surface area (Å²) in [6.07, 6.45) is 1.73. The van der Waals surface area contributed by atoms with Crippen LogP contribution in [0.3, 0.4) is 0 Å². The quantitative estimate of drug-likeness (QED) is 0.883. The molecule has 1 N–H and O–H groups in total. The second-order valence-electron chi connectivity index (χ2n) is 6.63. The minimum absolute atomic E-state index is 0.229. The summed E-state index contributed by atoms with van der Waals surface area (Å²) in [7, 11) is 0. The highest BCUT2D eigenvalue weighted by atomic mass is 32.2. The van der Waals surface area contributed by atoms with E-state index in [0.717, 1.165) is 42.3 Å². The molecule has 25 heavy (non-hydrogen) atoms. The Hall–Kier alpha value is -1.98. The van der Waals surface area contributed by atoms with Crippen LogP contribution in [0.5, 0.6) is 11.5 Å². The van der Waals surface area contributed by atoms with Gasteiger partial charge in [0.15, 0.2) is 0 Å². The highest BCUT2D eigenvalue weighted by Crippen LogP contribution is 2.48. The molecule has 0 bridgehead atoms. The van der Waals surface area contributed by atoms with Gasteiger partial charge < -0.3 is 14.7 Å². The maximum Gasteiger partial charge on any atom is 0.307 e. The average Bonchev–Trinajstić information content (AvgIpc) is 2.78. The summed E-state index contributed by atoms with van der Waals surface area (Å²) in [6, 6.07) is 16.3. The predicted octanol–water partition coefficient (Wildman–Crippen LogP) is 4.42. The first-order valence-electron chi connectivity index (χ1n) is 8.68. The van der Waals surface area contributed by atoms with Gasteiger partial charge in [-0.1, -0.05) is 30.3 Å². The summed E-state index contributed by atoms with van der Waals surface area (Å²) in [5.41, 5.74) is 1.18. The van der Waals surface area contributed by atoms with Crippen molar-refractivity contribution in [3.05, 3.63) is 54.1 Å². The minimum Gasteiger partial charge on any atom is -0.481 e. The number of thioether (sulfide) groups is 1. The first kappa shape index (κ1) is 16.5. The van der Waals surface area contributed by atoms with Crippen molar-refractivity contribution in [2.75, 3.05) is 19.6 Å². The fourth-order valence-corrected chi connectivity index (χ4v) is 4.90. The van der Waals surface area contributed by atoms with Gasteiger partial charge in [0, 0.05) is 18.7 Å². The van der Waals surface area contributed by atoms with Crippen molar-refractivity contribution in [1.29, 1.82) is 0 Å². The first-order valence-corrected chi connectivity index (χ1v) is 9.56. The van der Waals surface area contributed by atoms with Crippen molar-refractivity contribution in [3.63, 3.8) is 0 Å². The molecule has 1 saturated heterocycles. The molecule has 0 saturated carbocycles. The van der Waals surface area contributed by atoms with Crippen LogP contribution in [-0.2, 0) is 4.79 Å². The number of ether oxygens (including phenoxy) is 1. The number of carboxylic acids is 1. The van der Waals surface area contributed by atoms with Crippen LogP contribution in [0.2, 0.25) is 0 Å². The van der Waals surface area contributed by atoms with Gasteiger partial charge >= 0.3 is 5.97 Å². The third kappa shape index (κ3) is 3.53. The summed E-state index contributed by atoms with van der Waals surface area (Å²) in [4.78, 5) is 14.8. The molecule has 0 amide bonds. The molecule has 0 radical (unpaired) electrons. The number of hydrogen-bond donors (Lipinski definition) is 1. The van der Waals surface area contributed by atoms with E-state index in [1.54, 1.807) is 0 Å². The summed E-state index contributed by atoms with van der Waals surface area (Å²) in [5.74, 6) is 0.872. The van der Waals surface area contributed by atoms with E-state index in [4.69, 9.17) is 4.74 Å². The van der Waals surface area contributed by atoms with E-state index in [0.29, 0.717) is 6.54 Å². The van der Waals surface area contributed by atoms with Gasteiger partial charge in [-0.2, -0.15) is 0 Å². The maximum absolute atomic E-state index is 11.4. The molecule has 2 aliphatic rings. The van der Waals surface area contributed by atoms with Crippen LogP contribution >= 0.6 is 11.8 Å². The molecule has 4 rings (SSSR count). The van der Waals surface area contributed by atoms with Gasteiger partial charge in [0.1, 0.15) is 11.5 Å². The molecule has 0 spiro atoms. The third-order valence-electron chi connectivity index (χ3n) is 4.88. The molecule has 0 aromatic heterocycles. The van der Waals surface area contributed by atoms with Crippen molar-refractivity contribution in [2.45, 2.75) is 23.0 Å². The number of para-hydroxylation sites is 2. The van der Waals surface area contributed by atoms with Gasteiger partial charge in [-0.15, -0.1) is 11.8 Å². The molecule has 1 fully saturated rings. The molecule has 2 aromatic carbocycles. The Bertz CT molecular complexity index is 779. The van der Waals surface area contributed by atoms with Crippen LogP contribution in [-0.4, -0.2) is 35.6 Å². The number of rotatable bonds is 3. The molecule has 2 unspecified atom stereocenters. The second-order valence-corrected chi connectivity index (χ2v) is 7.87. The number of nitrogens with zero attached hydrogens (tertiary/aromatic N) is 1. The zero-order valence-electron chi connectivity index (χ0n) is 13.9. The van der Waals surface area contributed by atoms with Crippen molar-refractivity contribution in [2.24, 2.45) is 5.92 Å². The highest BCUT2D eigenvalue weighted by molar-refractivity contribution is 7.99. The van der Waals surface area contributed by atoms with Crippen LogP contribution in [0.4, 0.5) is 0 Å². The molecule has 2 aliphatic heterocycles. The first-order chi connectivity index (χ1) is 12.2. The van der Waals surface area contributed by atoms with Crippen LogP contribution in [0.1, 0.15) is 23.7 Å². The van der Waals surface area contributed by atoms with Crippen molar-refractivity contribution < 1.29 is 14.6 Å². The zero-order chi connectivity index (χ0) is 17.2. The molecular formula is C20H21NO3S. The maximum atomic E-state index is 11.4. The number of likely N-dealkylation sites (tertiary alicyclic amines) is 1. The number of carboxylic acid groups (broad SMARTS) is 1. The van der Waals surface area contributed by atoms with E-state index in [1.807, 2.05) is 48.2 Å². The Morgan fingerprint density at radius 3 is 2.76 bits per heavy atom. The number of carbonyl (C=O) groups is 1. The fraction of sp³-hybridized carbons (Fsp3) is 0.350. The summed E-state index contributed by atoms with van der Waals surface area (Å²) >= 11 is 1.81. The lowest BCUT2D eigenvalue weighted by atomic mass is 9.98. The summed E-state index contributed by atoms with van der Waals surface area (Å²) < 4.78 is 6.15. The van der Waals surface area contributed by atoms with Gasteiger partial charge in [-0.25, -0.2) is 0 Å². The van der Waals surface area contributed by atoms with Crippen LogP contribution in [0.15, 0.2) is 53.4 Å².